The number of H-pyrrole nitrogens is 1. The maximum absolute atomic E-state index is 13.0. The number of hydrogen-bond acceptors (Lipinski definition) is 11. The summed E-state index contributed by atoms with van der Waals surface area (Å²) in [6.07, 6.45) is -2.98. The Morgan fingerprint density at radius 1 is 1.15 bits per heavy atom. The lowest BCUT2D eigenvalue weighted by molar-refractivity contribution is -0.0533. The van der Waals surface area contributed by atoms with Crippen LogP contribution in [0.25, 0.3) is 0 Å². The Labute approximate surface area is 239 Å². The zero-order valence-electron chi connectivity index (χ0n) is 23.8. The van der Waals surface area contributed by atoms with Gasteiger partial charge in [-0.3, -0.25) is 18.5 Å². The number of rotatable bonds is 7. The van der Waals surface area contributed by atoms with Gasteiger partial charge in [0.2, 0.25) is 0 Å². The lowest BCUT2D eigenvalue weighted by Crippen LogP contribution is -2.58. The van der Waals surface area contributed by atoms with Crippen molar-refractivity contribution in [2.24, 2.45) is 5.73 Å². The van der Waals surface area contributed by atoms with Crippen LogP contribution >= 0.6 is 0 Å². The first-order chi connectivity index (χ1) is 18.7. The van der Waals surface area contributed by atoms with Crippen LogP contribution in [-0.4, -0.2) is 59.1 Å². The van der Waals surface area contributed by atoms with Gasteiger partial charge in [-0.15, -0.1) is 0 Å². The van der Waals surface area contributed by atoms with Gasteiger partial charge >= 0.3 is 5.69 Å². The highest BCUT2D eigenvalue weighted by Crippen LogP contribution is 2.51. The highest BCUT2D eigenvalue weighted by Gasteiger charge is 2.67. The number of aryl methyl sites for hydroxylation is 2. The molecule has 1 fully saturated rings. The zero-order valence-corrected chi connectivity index (χ0v) is 26.5. The first-order valence-electron chi connectivity index (χ1n) is 12.7. The maximum atomic E-state index is 13.0. The Balaban J connectivity index is 1.86. The van der Waals surface area contributed by atoms with Crippen molar-refractivity contribution in [1.29, 1.82) is 0 Å². The molecule has 41 heavy (non-hydrogen) atoms. The Kier molecular flexibility index (Phi) is 7.86. The van der Waals surface area contributed by atoms with Gasteiger partial charge in [0.25, 0.3) is 25.8 Å². The number of nitrogens with two attached hydrogens (primary N) is 1. The van der Waals surface area contributed by atoms with Gasteiger partial charge in [-0.25, -0.2) is 8.98 Å². The molecule has 1 aromatic carbocycles. The van der Waals surface area contributed by atoms with Gasteiger partial charge in [0.05, 0.1) is 22.6 Å². The van der Waals surface area contributed by atoms with Crippen LogP contribution in [0.15, 0.2) is 56.1 Å². The molecule has 0 aliphatic carbocycles. The van der Waals surface area contributed by atoms with E-state index in [9.17, 15) is 26.4 Å². The van der Waals surface area contributed by atoms with E-state index in [4.69, 9.17) is 23.3 Å². The van der Waals surface area contributed by atoms with Crippen molar-refractivity contribution in [2.75, 3.05) is 6.61 Å². The van der Waals surface area contributed by atoms with Crippen LogP contribution < -0.4 is 17.0 Å². The molecule has 1 aromatic heterocycles. The molecule has 16 heteroatoms. The monoisotopic (exact) mass is 629 g/mol. The summed E-state index contributed by atoms with van der Waals surface area (Å²) in [5, 5.41) is 0.313. The molecule has 0 unspecified atom stereocenters. The third-order valence-electron chi connectivity index (χ3n) is 7.77. The third-order valence-corrected chi connectivity index (χ3v) is 14.6. The van der Waals surface area contributed by atoms with Gasteiger partial charge in [-0.1, -0.05) is 38.5 Å². The van der Waals surface area contributed by atoms with Crippen molar-refractivity contribution >= 4 is 28.6 Å². The molecule has 1 spiro atoms. The number of aromatic amines is 1. The number of aromatic nitrogens is 2. The number of nitrogens with one attached hydrogen (secondary N) is 1. The van der Waals surface area contributed by atoms with E-state index in [-0.39, 0.29) is 16.2 Å². The summed E-state index contributed by atoms with van der Waals surface area (Å²) in [6, 6.07) is 5.94. The topological polar surface area (TPSA) is 186 Å². The van der Waals surface area contributed by atoms with Crippen molar-refractivity contribution in [2.45, 2.75) is 81.7 Å². The molecule has 3 N–H and O–H groups in total. The molecule has 1 saturated heterocycles. The van der Waals surface area contributed by atoms with E-state index in [0.717, 1.165) is 10.1 Å². The average Bonchev–Trinajstić information content (AvgIpc) is 3.26. The van der Waals surface area contributed by atoms with Gasteiger partial charge in [0.15, 0.2) is 20.1 Å². The summed E-state index contributed by atoms with van der Waals surface area (Å²) in [6.45, 7) is 12.2. The molecule has 226 valence electrons. The van der Waals surface area contributed by atoms with Crippen molar-refractivity contribution in [3.63, 3.8) is 0 Å². The van der Waals surface area contributed by atoms with Crippen LogP contribution in [0, 0.1) is 13.8 Å². The second-order valence-corrected chi connectivity index (χ2v) is 19.5. The standard InChI is InChI=1S/C25H35N3O10S2Si/c1-15-8-10-17(11-9-15)40(33,34)35-13-19-25(18(26)14-39(31,32)38-25)20(37-41(6,7)24(3,4)5)22(36-19)28-12-16(2)21(29)27-23(28)30/h8-12,14,19-20,22H,13,26H2,1-7H3,(H,27,29,30)/t19-,20+,22-,25-/m1/s1. The molecule has 0 amide bonds. The van der Waals surface area contributed by atoms with Gasteiger partial charge < -0.3 is 14.9 Å². The molecule has 0 bridgehead atoms. The van der Waals surface area contributed by atoms with E-state index in [0.29, 0.717) is 5.41 Å². The first-order valence-corrected chi connectivity index (χ1v) is 18.5. The second-order valence-electron chi connectivity index (χ2n) is 11.8. The minimum absolute atomic E-state index is 0.128. The molecule has 13 nitrogen and oxygen atoms in total. The minimum atomic E-state index is -4.37. The summed E-state index contributed by atoms with van der Waals surface area (Å²) in [7, 11) is -11.5. The summed E-state index contributed by atoms with van der Waals surface area (Å²) >= 11 is 0. The smallest absolute Gasteiger partial charge is 0.330 e. The van der Waals surface area contributed by atoms with E-state index in [1.54, 1.807) is 19.1 Å². The van der Waals surface area contributed by atoms with E-state index in [1.807, 2.05) is 33.9 Å². The Hall–Kier alpha value is -2.60. The quantitative estimate of drug-likeness (QED) is 0.336. The van der Waals surface area contributed by atoms with Crippen LogP contribution in [0.4, 0.5) is 0 Å². The summed E-state index contributed by atoms with van der Waals surface area (Å²) < 4.78 is 76.4. The normalized spacial score (nSPS) is 26.4. The van der Waals surface area contributed by atoms with Gasteiger partial charge in [0, 0.05) is 11.8 Å². The summed E-state index contributed by atoms with van der Waals surface area (Å²) in [4.78, 5) is 27.2. The van der Waals surface area contributed by atoms with Gasteiger partial charge in [0.1, 0.15) is 12.2 Å². The Morgan fingerprint density at radius 3 is 2.29 bits per heavy atom. The number of nitrogens with zero attached hydrogens (tertiary/aromatic N) is 1. The Morgan fingerprint density at radius 2 is 1.76 bits per heavy atom. The predicted molar refractivity (Wildman–Crippen MR) is 151 cm³/mol. The molecule has 2 aliphatic heterocycles. The van der Waals surface area contributed by atoms with Crippen LogP contribution in [0.3, 0.4) is 0 Å². The summed E-state index contributed by atoms with van der Waals surface area (Å²) in [5.74, 6) is 0. The van der Waals surface area contributed by atoms with E-state index in [1.165, 1.54) is 25.3 Å². The van der Waals surface area contributed by atoms with Gasteiger partial charge in [-0.2, -0.15) is 16.8 Å². The molecule has 2 aliphatic rings. The van der Waals surface area contributed by atoms with Crippen LogP contribution in [0.5, 0.6) is 0 Å². The van der Waals surface area contributed by atoms with Crippen molar-refractivity contribution in [3.8, 4) is 0 Å². The zero-order chi connectivity index (χ0) is 30.8. The maximum Gasteiger partial charge on any atom is 0.330 e. The second kappa shape index (κ2) is 10.3. The largest absolute Gasteiger partial charge is 0.406 e. The SMILES string of the molecule is Cc1ccc(S(=O)(=O)OC[C@H]2O[C@@H](n3cc(C)c(=O)[nH]c3=O)[C@H](O[Si](C)(C)C(C)(C)C)[C@]23OS(=O)(=O)C=C3N)cc1. The number of hydrogen-bond donors (Lipinski definition) is 2. The fraction of sp³-hybridized carbons (Fsp3) is 0.520. The molecule has 0 saturated carbocycles. The fourth-order valence-electron chi connectivity index (χ4n) is 4.41. The molecule has 2 aromatic rings. The summed E-state index contributed by atoms with van der Waals surface area (Å²) in [5.41, 5.74) is 3.44. The molecule has 4 atom stereocenters. The molecule has 4 rings (SSSR count). The number of benzene rings is 1. The van der Waals surface area contributed by atoms with E-state index >= 15 is 0 Å². The van der Waals surface area contributed by atoms with Gasteiger partial charge in [-0.05, 0) is 44.1 Å². The molecule has 3 heterocycles. The highest BCUT2D eigenvalue weighted by atomic mass is 32.2. The third kappa shape index (κ3) is 5.73. The molecule has 0 radical (unpaired) electrons. The Bertz CT molecular complexity index is 1710. The fourth-order valence-corrected chi connectivity index (χ4v) is 7.83. The van der Waals surface area contributed by atoms with E-state index in [2.05, 4.69) is 4.98 Å². The highest BCUT2D eigenvalue weighted by molar-refractivity contribution is 7.90. The number of ether oxygens (including phenoxy) is 1. The lowest BCUT2D eigenvalue weighted by atomic mass is 9.89. The van der Waals surface area contributed by atoms with Crippen molar-refractivity contribution in [1.82, 2.24) is 9.55 Å². The minimum Gasteiger partial charge on any atom is -0.406 e. The van der Waals surface area contributed by atoms with Crippen molar-refractivity contribution in [3.05, 3.63) is 73.5 Å². The molecular weight excluding hydrogens is 595 g/mol. The first kappa shape index (κ1) is 31.3. The predicted octanol–water partition coefficient (Wildman–Crippen LogP) is 1.75. The van der Waals surface area contributed by atoms with Crippen LogP contribution in [-0.2, 0) is 37.8 Å². The van der Waals surface area contributed by atoms with Crippen LogP contribution in [0.2, 0.25) is 18.1 Å². The van der Waals surface area contributed by atoms with Crippen molar-refractivity contribution < 1.29 is 34.4 Å². The lowest BCUT2D eigenvalue weighted by Gasteiger charge is -2.43. The van der Waals surface area contributed by atoms with Crippen LogP contribution in [0.1, 0.15) is 38.1 Å². The van der Waals surface area contributed by atoms with E-state index < -0.39 is 75.5 Å². The molecular formula is C25H35N3O10S2Si. The average molecular weight is 630 g/mol.